The number of pyridine rings is 1. The van der Waals surface area contributed by atoms with Gasteiger partial charge in [-0.2, -0.15) is 4.98 Å². The van der Waals surface area contributed by atoms with Crippen LogP contribution in [0.1, 0.15) is 11.1 Å². The standard InChI is InChI=1S/C20H14N4O4/c1-12-4-5-13(20-23-19-18(28-20)3-2-8-21-19)10-16(12)22-11-14-9-15(24(26)27)6-7-17(14)25/h2-11,25H,1H3. The second kappa shape index (κ2) is 6.92. The average molecular weight is 374 g/mol. The van der Waals surface area contributed by atoms with Crippen molar-refractivity contribution in [2.24, 2.45) is 4.99 Å². The molecule has 138 valence electrons. The number of aliphatic imine (C=N–C) groups is 1. The Balaban J connectivity index is 1.71. The van der Waals surface area contributed by atoms with Crippen LogP contribution in [0.4, 0.5) is 11.4 Å². The lowest BCUT2D eigenvalue weighted by Crippen LogP contribution is -1.90. The number of aromatic nitrogens is 2. The van der Waals surface area contributed by atoms with E-state index in [9.17, 15) is 15.2 Å². The normalized spacial score (nSPS) is 11.3. The molecule has 0 spiro atoms. The van der Waals surface area contributed by atoms with Gasteiger partial charge in [0, 0.05) is 35.7 Å². The lowest BCUT2D eigenvalue weighted by Gasteiger charge is -2.03. The molecule has 0 aliphatic carbocycles. The average Bonchev–Trinajstić information content (AvgIpc) is 3.12. The summed E-state index contributed by atoms with van der Waals surface area (Å²) in [5.74, 6) is 0.330. The van der Waals surface area contributed by atoms with Crippen molar-refractivity contribution in [2.45, 2.75) is 6.92 Å². The van der Waals surface area contributed by atoms with Crippen LogP contribution in [0.5, 0.6) is 5.75 Å². The first-order chi connectivity index (χ1) is 13.5. The van der Waals surface area contributed by atoms with E-state index in [-0.39, 0.29) is 17.0 Å². The highest BCUT2D eigenvalue weighted by Crippen LogP contribution is 2.29. The zero-order chi connectivity index (χ0) is 19.7. The molecule has 0 unspecified atom stereocenters. The van der Waals surface area contributed by atoms with Crippen LogP contribution >= 0.6 is 0 Å². The molecule has 28 heavy (non-hydrogen) atoms. The predicted molar refractivity (Wildman–Crippen MR) is 104 cm³/mol. The summed E-state index contributed by atoms with van der Waals surface area (Å²) < 4.78 is 5.73. The Kier molecular flexibility index (Phi) is 4.29. The third-order valence-corrected chi connectivity index (χ3v) is 4.19. The number of hydrogen-bond acceptors (Lipinski definition) is 7. The number of aryl methyl sites for hydroxylation is 1. The Bertz CT molecular complexity index is 1200. The molecule has 0 bridgehead atoms. The SMILES string of the molecule is Cc1ccc(-c2nc3ncccc3o2)cc1N=Cc1cc([N+](=O)[O-])ccc1O. The van der Waals surface area contributed by atoms with Gasteiger partial charge < -0.3 is 9.52 Å². The largest absolute Gasteiger partial charge is 0.507 e. The molecule has 1 N–H and O–H groups in total. The maximum absolute atomic E-state index is 10.9. The Labute approximate surface area is 159 Å². The summed E-state index contributed by atoms with van der Waals surface area (Å²) in [5, 5.41) is 20.9. The number of rotatable bonds is 4. The maximum Gasteiger partial charge on any atom is 0.270 e. The minimum absolute atomic E-state index is 0.0896. The van der Waals surface area contributed by atoms with Gasteiger partial charge in [0.05, 0.1) is 10.6 Å². The van der Waals surface area contributed by atoms with E-state index in [1.807, 2.05) is 19.1 Å². The highest BCUT2D eigenvalue weighted by Gasteiger charge is 2.11. The zero-order valence-corrected chi connectivity index (χ0v) is 14.7. The van der Waals surface area contributed by atoms with Gasteiger partial charge in [-0.15, -0.1) is 0 Å². The minimum atomic E-state index is -0.524. The molecule has 2 aromatic heterocycles. The van der Waals surface area contributed by atoms with Gasteiger partial charge in [-0.3, -0.25) is 15.1 Å². The summed E-state index contributed by atoms with van der Waals surface area (Å²) in [6, 6.07) is 12.9. The molecule has 8 nitrogen and oxygen atoms in total. The van der Waals surface area contributed by atoms with Crippen molar-refractivity contribution in [1.29, 1.82) is 0 Å². The van der Waals surface area contributed by atoms with E-state index in [0.29, 0.717) is 22.8 Å². The van der Waals surface area contributed by atoms with Gasteiger partial charge in [-0.1, -0.05) is 6.07 Å². The fourth-order valence-corrected chi connectivity index (χ4v) is 2.67. The molecule has 0 aliphatic heterocycles. The Morgan fingerprint density at radius 3 is 2.86 bits per heavy atom. The summed E-state index contributed by atoms with van der Waals surface area (Å²) in [5.41, 5.74) is 3.47. The van der Waals surface area contributed by atoms with Gasteiger partial charge in [-0.05, 0) is 42.8 Å². The van der Waals surface area contributed by atoms with E-state index in [4.69, 9.17) is 4.42 Å². The number of phenolic OH excluding ortho intramolecular Hbond substituents is 1. The van der Waals surface area contributed by atoms with Crippen LogP contribution in [0.25, 0.3) is 22.7 Å². The molecule has 4 aromatic rings. The number of fused-ring (bicyclic) bond motifs is 1. The van der Waals surface area contributed by atoms with Gasteiger partial charge in [0.15, 0.2) is 11.2 Å². The van der Waals surface area contributed by atoms with E-state index in [1.165, 1.54) is 24.4 Å². The molecule has 0 fully saturated rings. The summed E-state index contributed by atoms with van der Waals surface area (Å²) >= 11 is 0. The van der Waals surface area contributed by atoms with Gasteiger partial charge in [-0.25, -0.2) is 4.98 Å². The molecule has 0 aliphatic rings. The van der Waals surface area contributed by atoms with Crippen molar-refractivity contribution >= 4 is 28.8 Å². The molecule has 4 rings (SSSR count). The Morgan fingerprint density at radius 1 is 1.21 bits per heavy atom. The third kappa shape index (κ3) is 3.30. The third-order valence-electron chi connectivity index (χ3n) is 4.19. The number of nitro benzene ring substituents is 1. The topological polar surface area (TPSA) is 115 Å². The van der Waals surface area contributed by atoms with Crippen LogP contribution in [0.3, 0.4) is 0 Å². The highest BCUT2D eigenvalue weighted by molar-refractivity contribution is 5.87. The zero-order valence-electron chi connectivity index (χ0n) is 14.7. The van der Waals surface area contributed by atoms with Crippen molar-refractivity contribution < 1.29 is 14.4 Å². The predicted octanol–water partition coefficient (Wildman–Crippen LogP) is 4.56. The molecule has 8 heteroatoms. The van der Waals surface area contributed by atoms with E-state index in [2.05, 4.69) is 15.0 Å². The van der Waals surface area contributed by atoms with Crippen LogP contribution in [0, 0.1) is 17.0 Å². The molecule has 0 saturated carbocycles. The molecule has 2 heterocycles. The van der Waals surface area contributed by atoms with E-state index >= 15 is 0 Å². The Morgan fingerprint density at radius 2 is 2.07 bits per heavy atom. The number of nitro groups is 1. The summed E-state index contributed by atoms with van der Waals surface area (Å²) in [6.45, 7) is 1.89. The molecule has 0 saturated heterocycles. The number of non-ortho nitro benzene ring substituents is 1. The van der Waals surface area contributed by atoms with Crippen LogP contribution in [-0.4, -0.2) is 26.2 Å². The smallest absolute Gasteiger partial charge is 0.270 e. The maximum atomic E-state index is 10.9. The van der Waals surface area contributed by atoms with Gasteiger partial charge in [0.1, 0.15) is 5.75 Å². The number of aromatic hydroxyl groups is 1. The number of phenols is 1. The van der Waals surface area contributed by atoms with Crippen LogP contribution < -0.4 is 0 Å². The molecule has 2 aromatic carbocycles. The van der Waals surface area contributed by atoms with Crippen molar-refractivity contribution in [2.75, 3.05) is 0 Å². The minimum Gasteiger partial charge on any atom is -0.507 e. The first-order valence-electron chi connectivity index (χ1n) is 8.35. The monoisotopic (exact) mass is 374 g/mol. The molecule has 0 radical (unpaired) electrons. The van der Waals surface area contributed by atoms with Crippen molar-refractivity contribution in [3.63, 3.8) is 0 Å². The van der Waals surface area contributed by atoms with Gasteiger partial charge in [0.25, 0.3) is 5.69 Å². The molecule has 0 atom stereocenters. The van der Waals surface area contributed by atoms with Gasteiger partial charge in [0.2, 0.25) is 5.89 Å². The summed E-state index contributed by atoms with van der Waals surface area (Å²) in [4.78, 5) is 23.3. The lowest BCUT2D eigenvalue weighted by molar-refractivity contribution is -0.384. The number of hydrogen-bond donors (Lipinski definition) is 1. The highest BCUT2D eigenvalue weighted by atomic mass is 16.6. The van der Waals surface area contributed by atoms with Crippen molar-refractivity contribution in [3.8, 4) is 17.2 Å². The fraction of sp³-hybridized carbons (Fsp3) is 0.0500. The number of benzene rings is 2. The van der Waals surface area contributed by atoms with E-state index in [0.717, 1.165) is 11.1 Å². The van der Waals surface area contributed by atoms with Gasteiger partial charge >= 0.3 is 0 Å². The summed E-state index contributed by atoms with van der Waals surface area (Å²) in [6.07, 6.45) is 3.03. The molecular weight excluding hydrogens is 360 g/mol. The number of oxazole rings is 1. The molecular formula is C20H14N4O4. The number of nitrogens with zero attached hydrogens (tertiary/aromatic N) is 4. The molecule has 0 amide bonds. The Hall–Kier alpha value is -4.07. The van der Waals surface area contributed by atoms with Crippen molar-refractivity contribution in [3.05, 3.63) is 76.0 Å². The first-order valence-corrected chi connectivity index (χ1v) is 8.35. The quantitative estimate of drug-likeness (QED) is 0.318. The fourth-order valence-electron chi connectivity index (χ4n) is 2.67. The van der Waals surface area contributed by atoms with E-state index < -0.39 is 4.92 Å². The van der Waals surface area contributed by atoms with Crippen LogP contribution in [0.15, 0.2) is 64.1 Å². The second-order valence-electron chi connectivity index (χ2n) is 6.10. The lowest BCUT2D eigenvalue weighted by atomic mass is 10.1. The first kappa shape index (κ1) is 17.3. The second-order valence-corrected chi connectivity index (χ2v) is 6.10. The van der Waals surface area contributed by atoms with Crippen LogP contribution in [0.2, 0.25) is 0 Å². The van der Waals surface area contributed by atoms with E-state index in [1.54, 1.807) is 24.4 Å². The summed E-state index contributed by atoms with van der Waals surface area (Å²) in [7, 11) is 0. The van der Waals surface area contributed by atoms with Crippen molar-refractivity contribution in [1.82, 2.24) is 9.97 Å². The van der Waals surface area contributed by atoms with Crippen LogP contribution in [-0.2, 0) is 0 Å².